The summed E-state index contributed by atoms with van der Waals surface area (Å²) in [5.41, 5.74) is 1.91. The molecular formula is C14H12N2O2S. The minimum Gasteiger partial charge on any atom is -0.297 e. The van der Waals surface area contributed by atoms with Gasteiger partial charge in [0.15, 0.2) is 10.9 Å². The van der Waals surface area contributed by atoms with Crippen LogP contribution >= 0.6 is 11.3 Å². The third kappa shape index (κ3) is 2.17. The van der Waals surface area contributed by atoms with E-state index in [0.717, 1.165) is 16.1 Å². The smallest absolute Gasteiger partial charge is 0.236 e. The molecule has 1 aromatic carbocycles. The number of thiazole rings is 1. The number of Topliss-reactive ketones (excluding diaryl/α,β-unsaturated/α-hetero) is 1. The molecule has 0 bridgehead atoms. The van der Waals surface area contributed by atoms with Crippen molar-refractivity contribution in [3.05, 3.63) is 35.2 Å². The van der Waals surface area contributed by atoms with Gasteiger partial charge in [0, 0.05) is 10.4 Å². The number of ketones is 1. The minimum absolute atomic E-state index is 0.000696. The maximum atomic E-state index is 11.7. The number of amides is 1. The van der Waals surface area contributed by atoms with Gasteiger partial charge in [0.2, 0.25) is 5.91 Å². The number of benzene rings is 1. The molecule has 0 aliphatic carbocycles. The molecule has 1 aromatic heterocycles. The fourth-order valence-electron chi connectivity index (χ4n) is 2.12. The molecule has 2 aromatic rings. The lowest BCUT2D eigenvalue weighted by atomic mass is 10.1. The highest BCUT2D eigenvalue weighted by atomic mass is 32.1. The lowest BCUT2D eigenvalue weighted by Crippen LogP contribution is -2.24. The zero-order chi connectivity index (χ0) is 13.4. The fourth-order valence-corrected chi connectivity index (χ4v) is 3.07. The molecular weight excluding hydrogens is 260 g/mol. The fraction of sp³-hybridized carbons (Fsp3) is 0.214. The lowest BCUT2D eigenvalue weighted by Gasteiger charge is -2.09. The molecule has 1 saturated heterocycles. The molecule has 0 atom stereocenters. The van der Waals surface area contributed by atoms with E-state index in [-0.39, 0.29) is 24.7 Å². The largest absolute Gasteiger partial charge is 0.297 e. The maximum absolute atomic E-state index is 11.7. The Bertz CT molecular complexity index is 649. The van der Waals surface area contributed by atoms with E-state index in [4.69, 9.17) is 0 Å². The summed E-state index contributed by atoms with van der Waals surface area (Å²) in [7, 11) is 0. The number of carbonyl (C=O) groups excluding carboxylic acids is 2. The first-order valence-corrected chi connectivity index (χ1v) is 6.81. The van der Waals surface area contributed by atoms with Crippen LogP contribution in [0.25, 0.3) is 11.3 Å². The number of carbonyl (C=O) groups is 2. The third-order valence-corrected chi connectivity index (χ3v) is 4.04. The summed E-state index contributed by atoms with van der Waals surface area (Å²) in [5.74, 6) is -0.197. The second-order valence-corrected chi connectivity index (χ2v) is 5.64. The van der Waals surface area contributed by atoms with Gasteiger partial charge < -0.3 is 0 Å². The van der Waals surface area contributed by atoms with E-state index in [1.165, 1.54) is 16.2 Å². The van der Waals surface area contributed by atoms with E-state index in [0.29, 0.717) is 5.13 Å². The van der Waals surface area contributed by atoms with Crippen molar-refractivity contribution in [2.24, 2.45) is 0 Å². The van der Waals surface area contributed by atoms with Crippen LogP contribution in [0.5, 0.6) is 0 Å². The molecule has 0 unspecified atom stereocenters. The highest BCUT2D eigenvalue weighted by Gasteiger charge is 2.31. The number of rotatable bonds is 2. The van der Waals surface area contributed by atoms with Crippen molar-refractivity contribution in [2.75, 3.05) is 11.4 Å². The quantitative estimate of drug-likeness (QED) is 0.789. The molecule has 1 fully saturated rings. The van der Waals surface area contributed by atoms with Crippen molar-refractivity contribution in [3.63, 3.8) is 0 Å². The molecule has 0 radical (unpaired) electrons. The van der Waals surface area contributed by atoms with Gasteiger partial charge in [-0.25, -0.2) is 4.98 Å². The van der Waals surface area contributed by atoms with Crippen LogP contribution in [0.15, 0.2) is 30.3 Å². The molecule has 19 heavy (non-hydrogen) atoms. The molecule has 1 aliphatic heterocycles. The van der Waals surface area contributed by atoms with E-state index in [9.17, 15) is 9.59 Å². The highest BCUT2D eigenvalue weighted by Crippen LogP contribution is 2.33. The number of anilines is 1. The summed E-state index contributed by atoms with van der Waals surface area (Å²) in [5, 5.41) is 0.618. The molecule has 3 rings (SSSR count). The first-order valence-electron chi connectivity index (χ1n) is 6.00. The van der Waals surface area contributed by atoms with Crippen LogP contribution in [0.3, 0.4) is 0 Å². The average molecular weight is 272 g/mol. The Morgan fingerprint density at radius 3 is 2.58 bits per heavy atom. The van der Waals surface area contributed by atoms with Gasteiger partial charge in [-0.2, -0.15) is 0 Å². The Hall–Kier alpha value is -2.01. The Labute approximate surface area is 114 Å². The van der Waals surface area contributed by atoms with Crippen molar-refractivity contribution >= 4 is 28.2 Å². The predicted octanol–water partition coefficient (Wildman–Crippen LogP) is 2.42. The Kier molecular flexibility index (Phi) is 2.91. The van der Waals surface area contributed by atoms with Crippen LogP contribution in [-0.4, -0.2) is 23.2 Å². The first kappa shape index (κ1) is 12.0. The standard InChI is InChI=1S/C14H12N2O2S/c1-9-13(10-5-3-2-4-6-10)15-14(19-9)16-8-11(17)7-12(16)18/h2-6H,7-8H2,1H3. The number of hydrogen-bond donors (Lipinski definition) is 0. The number of nitrogens with zero attached hydrogens (tertiary/aromatic N) is 2. The van der Waals surface area contributed by atoms with Crippen LogP contribution in [0.1, 0.15) is 11.3 Å². The van der Waals surface area contributed by atoms with Gasteiger partial charge in [-0.3, -0.25) is 14.5 Å². The number of aryl methyl sites for hydroxylation is 1. The van der Waals surface area contributed by atoms with Crippen LogP contribution in [0, 0.1) is 6.92 Å². The summed E-state index contributed by atoms with van der Waals surface area (Å²) in [6.07, 6.45) is -0.000696. The van der Waals surface area contributed by atoms with Crippen molar-refractivity contribution in [3.8, 4) is 11.3 Å². The molecule has 96 valence electrons. The molecule has 2 heterocycles. The molecule has 0 saturated carbocycles. The van der Waals surface area contributed by atoms with E-state index < -0.39 is 0 Å². The molecule has 0 N–H and O–H groups in total. The Balaban J connectivity index is 1.98. The summed E-state index contributed by atoms with van der Waals surface area (Å²) >= 11 is 1.45. The second-order valence-electron chi connectivity index (χ2n) is 4.46. The summed E-state index contributed by atoms with van der Waals surface area (Å²) in [4.78, 5) is 30.1. The molecule has 5 heteroatoms. The topological polar surface area (TPSA) is 50.3 Å². The van der Waals surface area contributed by atoms with Gasteiger partial charge in [0.1, 0.15) is 0 Å². The second kappa shape index (κ2) is 4.59. The Morgan fingerprint density at radius 2 is 1.95 bits per heavy atom. The van der Waals surface area contributed by atoms with Gasteiger partial charge in [0.05, 0.1) is 18.7 Å². The van der Waals surface area contributed by atoms with Crippen molar-refractivity contribution in [1.82, 2.24) is 4.98 Å². The molecule has 1 aliphatic rings. The van der Waals surface area contributed by atoms with Crippen molar-refractivity contribution in [2.45, 2.75) is 13.3 Å². The summed E-state index contributed by atoms with van der Waals surface area (Å²) < 4.78 is 0. The van der Waals surface area contributed by atoms with Crippen LogP contribution in [-0.2, 0) is 9.59 Å². The SMILES string of the molecule is Cc1sc(N2CC(=O)CC2=O)nc1-c1ccccc1. The predicted molar refractivity (Wildman–Crippen MR) is 74.3 cm³/mol. The van der Waals surface area contributed by atoms with Gasteiger partial charge in [-0.15, -0.1) is 11.3 Å². The average Bonchev–Trinajstić information content (AvgIpc) is 2.93. The van der Waals surface area contributed by atoms with Crippen molar-refractivity contribution in [1.29, 1.82) is 0 Å². The minimum atomic E-state index is -0.154. The monoisotopic (exact) mass is 272 g/mol. The van der Waals surface area contributed by atoms with E-state index in [2.05, 4.69) is 4.98 Å². The van der Waals surface area contributed by atoms with Gasteiger partial charge in [0.25, 0.3) is 0 Å². The van der Waals surface area contributed by atoms with Gasteiger partial charge in [-0.1, -0.05) is 30.3 Å². The normalized spacial score (nSPS) is 15.3. The van der Waals surface area contributed by atoms with Gasteiger partial charge >= 0.3 is 0 Å². The maximum Gasteiger partial charge on any atom is 0.236 e. The summed E-state index contributed by atoms with van der Waals surface area (Å²) in [6.45, 7) is 2.13. The number of hydrogen-bond acceptors (Lipinski definition) is 4. The van der Waals surface area contributed by atoms with Crippen molar-refractivity contribution < 1.29 is 9.59 Å². The van der Waals surface area contributed by atoms with Gasteiger partial charge in [-0.05, 0) is 6.92 Å². The summed E-state index contributed by atoms with van der Waals surface area (Å²) in [6, 6.07) is 9.84. The van der Waals surface area contributed by atoms with E-state index in [1.54, 1.807) is 0 Å². The zero-order valence-corrected chi connectivity index (χ0v) is 11.2. The van der Waals surface area contributed by atoms with E-state index >= 15 is 0 Å². The number of aromatic nitrogens is 1. The van der Waals surface area contributed by atoms with E-state index in [1.807, 2.05) is 37.3 Å². The molecule has 4 nitrogen and oxygen atoms in total. The van der Waals surface area contributed by atoms with Crippen LogP contribution < -0.4 is 4.90 Å². The molecule has 1 amide bonds. The third-order valence-electron chi connectivity index (χ3n) is 3.05. The van der Waals surface area contributed by atoms with Crippen LogP contribution in [0.2, 0.25) is 0 Å². The van der Waals surface area contributed by atoms with Crippen LogP contribution in [0.4, 0.5) is 5.13 Å². The highest BCUT2D eigenvalue weighted by molar-refractivity contribution is 7.16. The lowest BCUT2D eigenvalue weighted by molar-refractivity contribution is -0.121. The molecule has 0 spiro atoms. The Morgan fingerprint density at radius 1 is 1.21 bits per heavy atom. The zero-order valence-electron chi connectivity index (χ0n) is 10.4. The first-order chi connectivity index (χ1) is 9.15.